The lowest BCUT2D eigenvalue weighted by molar-refractivity contribution is 0.0926. The molecule has 1 aliphatic heterocycles. The minimum Gasteiger partial charge on any atom is -0.497 e. The molecule has 0 radical (unpaired) electrons. The molecule has 7 nitrogen and oxygen atoms in total. The number of anilines is 1. The Hall–Kier alpha value is -2.54. The van der Waals surface area contributed by atoms with E-state index >= 15 is 0 Å². The lowest BCUT2D eigenvalue weighted by Gasteiger charge is -2.27. The predicted octanol–water partition coefficient (Wildman–Crippen LogP) is 2.95. The molecule has 1 aromatic heterocycles. The van der Waals surface area contributed by atoms with Gasteiger partial charge in [0.1, 0.15) is 11.3 Å². The monoisotopic (exact) mass is 384 g/mol. The number of hydrogen-bond acceptors (Lipinski definition) is 6. The van der Waals surface area contributed by atoms with E-state index in [4.69, 9.17) is 15.0 Å². The smallest absolute Gasteiger partial charge is 0.259 e. The molecule has 2 heterocycles. The molecule has 28 heavy (non-hydrogen) atoms. The topological polar surface area (TPSA) is 93.6 Å². The number of hydrogen-bond donors (Lipinski definition) is 2. The summed E-state index contributed by atoms with van der Waals surface area (Å²) < 4.78 is 10.9. The van der Waals surface area contributed by atoms with Gasteiger partial charge in [-0.05, 0) is 62.8 Å². The third-order valence-electron chi connectivity index (χ3n) is 5.77. The minimum absolute atomic E-state index is 0.116. The quantitative estimate of drug-likeness (QED) is 0.823. The minimum atomic E-state index is -0.116. The van der Waals surface area contributed by atoms with E-state index in [9.17, 15) is 4.79 Å². The molecule has 4 rings (SSSR count). The Morgan fingerprint density at radius 1 is 1.18 bits per heavy atom. The van der Waals surface area contributed by atoms with Crippen LogP contribution in [0, 0.1) is 0 Å². The van der Waals surface area contributed by atoms with E-state index < -0.39 is 0 Å². The van der Waals surface area contributed by atoms with Crippen molar-refractivity contribution in [1.29, 1.82) is 0 Å². The Bertz CT molecular complexity index is 804. The van der Waals surface area contributed by atoms with Gasteiger partial charge in [-0.3, -0.25) is 4.79 Å². The van der Waals surface area contributed by atoms with Crippen LogP contribution in [0.15, 0.2) is 28.8 Å². The highest BCUT2D eigenvalue weighted by Gasteiger charge is 2.31. The molecular formula is C21H28N4O3. The summed E-state index contributed by atoms with van der Waals surface area (Å²) in [6.45, 7) is 1.79. The van der Waals surface area contributed by atoms with Crippen LogP contribution in [0.25, 0.3) is 11.3 Å². The molecular weight excluding hydrogens is 356 g/mol. The van der Waals surface area contributed by atoms with Gasteiger partial charge in [0, 0.05) is 30.7 Å². The highest BCUT2D eigenvalue weighted by atomic mass is 16.5. The fraction of sp³-hybridized carbons (Fsp3) is 0.524. The van der Waals surface area contributed by atoms with Crippen LogP contribution in [0.1, 0.15) is 48.9 Å². The number of aromatic nitrogens is 1. The summed E-state index contributed by atoms with van der Waals surface area (Å²) in [4.78, 5) is 15.4. The van der Waals surface area contributed by atoms with E-state index in [1.807, 2.05) is 24.3 Å². The number of methoxy groups -OCH3 is 1. The number of ether oxygens (including phenoxy) is 1. The summed E-state index contributed by atoms with van der Waals surface area (Å²) in [7, 11) is 1.63. The molecule has 1 aromatic carbocycles. The van der Waals surface area contributed by atoms with Crippen LogP contribution in [-0.2, 0) is 0 Å². The third-order valence-corrected chi connectivity index (χ3v) is 5.77. The summed E-state index contributed by atoms with van der Waals surface area (Å²) in [6.07, 6.45) is 5.92. The number of rotatable bonds is 5. The van der Waals surface area contributed by atoms with Crippen molar-refractivity contribution >= 4 is 11.7 Å². The van der Waals surface area contributed by atoms with Gasteiger partial charge in [0.05, 0.1) is 7.11 Å². The lowest BCUT2D eigenvalue weighted by atomic mass is 9.91. The largest absolute Gasteiger partial charge is 0.497 e. The van der Waals surface area contributed by atoms with Gasteiger partial charge in [-0.15, -0.1) is 0 Å². The van der Waals surface area contributed by atoms with Crippen molar-refractivity contribution in [3.63, 3.8) is 0 Å². The first-order chi connectivity index (χ1) is 13.7. The first-order valence-corrected chi connectivity index (χ1v) is 10.1. The fourth-order valence-electron chi connectivity index (χ4n) is 4.09. The Morgan fingerprint density at radius 3 is 2.50 bits per heavy atom. The molecule has 0 bridgehead atoms. The van der Waals surface area contributed by atoms with Gasteiger partial charge in [-0.2, -0.15) is 0 Å². The van der Waals surface area contributed by atoms with Crippen LogP contribution in [-0.4, -0.2) is 43.3 Å². The van der Waals surface area contributed by atoms with E-state index in [1.165, 1.54) is 0 Å². The second-order valence-electron chi connectivity index (χ2n) is 7.72. The maximum Gasteiger partial charge on any atom is 0.259 e. The molecule has 1 saturated carbocycles. The number of carbonyl (C=O) groups is 1. The Kier molecular flexibility index (Phi) is 5.52. The molecule has 3 N–H and O–H groups in total. The standard InChI is InChI=1S/C21H28N4O3/c1-27-17-10-4-14(5-11-17)19-18(20(24-28-19)25-12-2-3-13-25)21(26)23-16-8-6-15(22)7-9-16/h4-5,10-11,15-16H,2-3,6-9,12-13,22H2,1H3,(H,23,26). The summed E-state index contributed by atoms with van der Waals surface area (Å²) in [6, 6.07) is 7.90. The van der Waals surface area contributed by atoms with E-state index in [-0.39, 0.29) is 18.0 Å². The van der Waals surface area contributed by atoms with Crippen molar-refractivity contribution < 1.29 is 14.1 Å². The zero-order chi connectivity index (χ0) is 19.5. The number of nitrogens with two attached hydrogens (primary N) is 1. The number of nitrogens with zero attached hydrogens (tertiary/aromatic N) is 2. The Labute approximate surface area is 165 Å². The second-order valence-corrected chi connectivity index (χ2v) is 7.72. The molecule has 2 aromatic rings. The molecule has 0 atom stereocenters. The normalized spacial score (nSPS) is 22.3. The van der Waals surface area contributed by atoms with E-state index in [2.05, 4.69) is 15.4 Å². The van der Waals surface area contributed by atoms with Crippen molar-refractivity contribution in [2.75, 3.05) is 25.1 Å². The van der Waals surface area contributed by atoms with Crippen LogP contribution in [0.4, 0.5) is 5.82 Å². The number of benzene rings is 1. The van der Waals surface area contributed by atoms with Gasteiger partial charge in [0.25, 0.3) is 5.91 Å². The van der Waals surface area contributed by atoms with Gasteiger partial charge in [0.2, 0.25) is 0 Å². The van der Waals surface area contributed by atoms with Gasteiger partial charge in [-0.25, -0.2) is 0 Å². The maximum absolute atomic E-state index is 13.3. The first-order valence-electron chi connectivity index (χ1n) is 10.1. The van der Waals surface area contributed by atoms with Gasteiger partial charge < -0.3 is 25.2 Å². The van der Waals surface area contributed by atoms with Crippen molar-refractivity contribution in [3.8, 4) is 17.1 Å². The Balaban J connectivity index is 1.63. The van der Waals surface area contributed by atoms with Crippen molar-refractivity contribution in [2.45, 2.75) is 50.6 Å². The third kappa shape index (κ3) is 3.85. The van der Waals surface area contributed by atoms with Crippen molar-refractivity contribution in [2.24, 2.45) is 5.73 Å². The molecule has 1 amide bonds. The molecule has 150 valence electrons. The van der Waals surface area contributed by atoms with Crippen LogP contribution in [0.5, 0.6) is 5.75 Å². The lowest BCUT2D eigenvalue weighted by Crippen LogP contribution is -2.41. The molecule has 2 aliphatic rings. The number of amides is 1. The van der Waals surface area contributed by atoms with Gasteiger partial charge in [-0.1, -0.05) is 5.16 Å². The van der Waals surface area contributed by atoms with E-state index in [0.717, 1.165) is 62.9 Å². The molecule has 2 fully saturated rings. The molecule has 1 saturated heterocycles. The van der Waals surface area contributed by atoms with Gasteiger partial charge in [0.15, 0.2) is 11.6 Å². The molecule has 0 spiro atoms. The van der Waals surface area contributed by atoms with Crippen LogP contribution < -0.4 is 20.7 Å². The average molecular weight is 384 g/mol. The first kappa shape index (κ1) is 18.8. The van der Waals surface area contributed by atoms with E-state index in [0.29, 0.717) is 17.1 Å². The summed E-state index contributed by atoms with van der Waals surface area (Å²) in [5, 5.41) is 7.47. The van der Waals surface area contributed by atoms with Crippen LogP contribution in [0.2, 0.25) is 0 Å². The predicted molar refractivity (Wildman–Crippen MR) is 108 cm³/mol. The number of carbonyl (C=O) groups excluding carboxylic acids is 1. The van der Waals surface area contributed by atoms with Crippen LogP contribution >= 0.6 is 0 Å². The van der Waals surface area contributed by atoms with Gasteiger partial charge >= 0.3 is 0 Å². The highest BCUT2D eigenvalue weighted by molar-refractivity contribution is 6.04. The number of nitrogens with one attached hydrogen (secondary N) is 1. The maximum atomic E-state index is 13.3. The van der Waals surface area contributed by atoms with E-state index in [1.54, 1.807) is 7.11 Å². The summed E-state index contributed by atoms with van der Waals surface area (Å²) in [5.41, 5.74) is 7.34. The van der Waals surface area contributed by atoms with Crippen molar-refractivity contribution in [3.05, 3.63) is 29.8 Å². The second kappa shape index (κ2) is 8.22. The van der Waals surface area contributed by atoms with Crippen LogP contribution in [0.3, 0.4) is 0 Å². The summed E-state index contributed by atoms with van der Waals surface area (Å²) in [5.74, 6) is 1.80. The SMILES string of the molecule is COc1ccc(-c2onc(N3CCCC3)c2C(=O)NC2CCC(N)CC2)cc1. The molecule has 7 heteroatoms. The van der Waals surface area contributed by atoms with Crippen molar-refractivity contribution in [1.82, 2.24) is 10.5 Å². The molecule has 1 aliphatic carbocycles. The molecule has 0 unspecified atom stereocenters. The zero-order valence-corrected chi connectivity index (χ0v) is 16.3. The fourth-order valence-corrected chi connectivity index (χ4v) is 4.09. The Morgan fingerprint density at radius 2 is 1.86 bits per heavy atom. The summed E-state index contributed by atoms with van der Waals surface area (Å²) >= 11 is 0. The zero-order valence-electron chi connectivity index (χ0n) is 16.3. The average Bonchev–Trinajstić information content (AvgIpc) is 3.39. The highest BCUT2D eigenvalue weighted by Crippen LogP contribution is 2.34.